The number of carbonyl (C=O) groups excluding carboxylic acids is 1. The highest BCUT2D eigenvalue weighted by Crippen LogP contribution is 2.29. The lowest BCUT2D eigenvalue weighted by Gasteiger charge is -2.10. The van der Waals surface area contributed by atoms with E-state index in [2.05, 4.69) is 20.7 Å². The van der Waals surface area contributed by atoms with E-state index < -0.39 is 5.82 Å². The van der Waals surface area contributed by atoms with Crippen molar-refractivity contribution in [2.75, 3.05) is 5.75 Å². The molecule has 4 rings (SSSR count). The van der Waals surface area contributed by atoms with Gasteiger partial charge in [0.15, 0.2) is 11.0 Å². The van der Waals surface area contributed by atoms with Crippen LogP contribution in [0, 0.1) is 12.7 Å². The minimum absolute atomic E-state index is 0.0208. The minimum atomic E-state index is -0.527. The average Bonchev–Trinajstić information content (AvgIpc) is 3.24. The summed E-state index contributed by atoms with van der Waals surface area (Å²) in [5, 5.41) is 13.8. The Bertz CT molecular complexity index is 1320. The summed E-state index contributed by atoms with van der Waals surface area (Å²) in [5.74, 6) is -0.274. The number of nitrogens with one attached hydrogen (secondary N) is 1. The molecule has 1 amide bonds. The molecule has 1 heterocycles. The first-order valence-corrected chi connectivity index (χ1v) is 11.8. The predicted molar refractivity (Wildman–Crippen MR) is 134 cm³/mol. The van der Waals surface area contributed by atoms with E-state index in [0.717, 1.165) is 16.8 Å². The van der Waals surface area contributed by atoms with E-state index in [-0.39, 0.29) is 22.2 Å². The van der Waals surface area contributed by atoms with Crippen LogP contribution in [0.1, 0.15) is 11.1 Å². The quantitative estimate of drug-likeness (QED) is 0.189. The van der Waals surface area contributed by atoms with Crippen LogP contribution in [0.3, 0.4) is 0 Å². The molecule has 3 aromatic carbocycles. The maximum atomic E-state index is 13.8. The fourth-order valence-electron chi connectivity index (χ4n) is 3.04. The third-order valence-electron chi connectivity index (χ3n) is 4.74. The number of hydrogen-bond acceptors (Lipinski definition) is 5. The van der Waals surface area contributed by atoms with Crippen molar-refractivity contribution in [2.24, 2.45) is 5.10 Å². The lowest BCUT2D eigenvalue weighted by Crippen LogP contribution is -2.20. The Morgan fingerprint density at radius 3 is 2.53 bits per heavy atom. The molecule has 0 aliphatic carbocycles. The number of hydrogen-bond donors (Lipinski definition) is 1. The van der Waals surface area contributed by atoms with Crippen LogP contribution in [0.4, 0.5) is 4.39 Å². The SMILES string of the molecule is Cc1ccc(-n2c(SCC(=O)N/N=C\c3c(F)cccc3Cl)nnc2-c2ccc(Cl)cc2)cc1. The van der Waals surface area contributed by atoms with Crippen LogP contribution < -0.4 is 5.43 Å². The molecule has 0 spiro atoms. The van der Waals surface area contributed by atoms with Crippen molar-refractivity contribution in [3.05, 3.63) is 93.7 Å². The normalized spacial score (nSPS) is 11.2. The number of amides is 1. The monoisotopic (exact) mass is 513 g/mol. The highest BCUT2D eigenvalue weighted by atomic mass is 35.5. The van der Waals surface area contributed by atoms with E-state index in [9.17, 15) is 9.18 Å². The Morgan fingerprint density at radius 2 is 1.82 bits per heavy atom. The molecule has 0 atom stereocenters. The Labute approximate surface area is 209 Å². The molecule has 0 aliphatic heterocycles. The summed E-state index contributed by atoms with van der Waals surface area (Å²) in [6, 6.07) is 19.5. The van der Waals surface area contributed by atoms with Gasteiger partial charge in [-0.25, -0.2) is 9.82 Å². The Hall–Kier alpha value is -3.20. The molecule has 1 aromatic heterocycles. The Balaban J connectivity index is 1.52. The van der Waals surface area contributed by atoms with Crippen molar-refractivity contribution >= 4 is 47.1 Å². The number of thioether (sulfide) groups is 1. The summed E-state index contributed by atoms with van der Waals surface area (Å²) in [6.07, 6.45) is 1.17. The van der Waals surface area contributed by atoms with E-state index >= 15 is 0 Å². The minimum Gasteiger partial charge on any atom is -0.272 e. The summed E-state index contributed by atoms with van der Waals surface area (Å²) in [7, 11) is 0. The molecular weight excluding hydrogens is 496 g/mol. The van der Waals surface area contributed by atoms with Crippen molar-refractivity contribution in [3.8, 4) is 17.1 Å². The van der Waals surface area contributed by atoms with E-state index in [4.69, 9.17) is 23.2 Å². The third kappa shape index (κ3) is 5.64. The summed E-state index contributed by atoms with van der Waals surface area (Å²) >= 11 is 13.2. The standard InChI is InChI=1S/C24H18Cl2FN5OS/c1-15-5-11-18(12-6-15)32-23(16-7-9-17(25)10-8-16)30-31-24(32)34-14-22(33)29-28-13-19-20(26)3-2-4-21(19)27/h2-13H,14H2,1H3,(H,29,33)/b28-13-. The predicted octanol–water partition coefficient (Wildman–Crippen LogP) is 5.93. The van der Waals surface area contributed by atoms with Crippen LogP contribution in [0.2, 0.25) is 10.0 Å². The van der Waals surface area contributed by atoms with Crippen molar-refractivity contribution in [2.45, 2.75) is 12.1 Å². The number of benzene rings is 3. The second-order valence-corrected chi connectivity index (χ2v) is 8.99. The van der Waals surface area contributed by atoms with Crippen LogP contribution in [0.15, 0.2) is 77.0 Å². The Kier molecular flexibility index (Phi) is 7.62. The summed E-state index contributed by atoms with van der Waals surface area (Å²) in [6.45, 7) is 2.01. The molecule has 34 heavy (non-hydrogen) atoms. The average molecular weight is 514 g/mol. The van der Waals surface area contributed by atoms with E-state index in [1.165, 1.54) is 30.1 Å². The van der Waals surface area contributed by atoms with E-state index in [0.29, 0.717) is 16.0 Å². The van der Waals surface area contributed by atoms with Crippen LogP contribution in [0.25, 0.3) is 17.1 Å². The first kappa shape index (κ1) is 23.9. The molecular formula is C24H18Cl2FN5OS. The van der Waals surface area contributed by atoms with Gasteiger partial charge in [-0.05, 0) is 55.5 Å². The number of aromatic nitrogens is 3. The lowest BCUT2D eigenvalue weighted by atomic mass is 10.2. The molecule has 172 valence electrons. The first-order valence-electron chi connectivity index (χ1n) is 10.1. The van der Waals surface area contributed by atoms with Gasteiger partial charge in [0, 0.05) is 21.8 Å². The topological polar surface area (TPSA) is 72.2 Å². The zero-order chi connectivity index (χ0) is 24.1. The van der Waals surface area contributed by atoms with Crippen LogP contribution in [0.5, 0.6) is 0 Å². The lowest BCUT2D eigenvalue weighted by molar-refractivity contribution is -0.118. The molecule has 0 unspecified atom stereocenters. The molecule has 0 saturated heterocycles. The molecule has 0 fully saturated rings. The molecule has 0 aliphatic rings. The fourth-order valence-corrected chi connectivity index (χ4v) is 4.12. The summed E-state index contributed by atoms with van der Waals surface area (Å²) in [5.41, 5.74) is 5.29. The number of rotatable bonds is 7. The highest BCUT2D eigenvalue weighted by Gasteiger charge is 2.17. The van der Waals surface area contributed by atoms with Crippen molar-refractivity contribution in [1.29, 1.82) is 0 Å². The van der Waals surface area contributed by atoms with Crippen LogP contribution in [-0.2, 0) is 4.79 Å². The van der Waals surface area contributed by atoms with Crippen molar-refractivity contribution < 1.29 is 9.18 Å². The molecule has 0 radical (unpaired) electrons. The highest BCUT2D eigenvalue weighted by molar-refractivity contribution is 7.99. The zero-order valence-corrected chi connectivity index (χ0v) is 20.2. The second-order valence-electron chi connectivity index (χ2n) is 7.20. The van der Waals surface area contributed by atoms with Gasteiger partial charge in [0.1, 0.15) is 5.82 Å². The molecule has 10 heteroatoms. The summed E-state index contributed by atoms with van der Waals surface area (Å²) in [4.78, 5) is 12.3. The van der Waals surface area contributed by atoms with Crippen molar-refractivity contribution in [3.63, 3.8) is 0 Å². The van der Waals surface area contributed by atoms with E-state index in [1.54, 1.807) is 18.2 Å². The second kappa shape index (κ2) is 10.8. The zero-order valence-electron chi connectivity index (χ0n) is 17.9. The third-order valence-corrected chi connectivity index (χ3v) is 6.25. The molecule has 0 saturated carbocycles. The molecule has 1 N–H and O–H groups in total. The largest absolute Gasteiger partial charge is 0.272 e. The van der Waals surface area contributed by atoms with Gasteiger partial charge in [0.2, 0.25) is 0 Å². The van der Waals surface area contributed by atoms with Gasteiger partial charge in [-0.2, -0.15) is 5.10 Å². The van der Waals surface area contributed by atoms with E-state index in [1.807, 2.05) is 47.9 Å². The first-order chi connectivity index (χ1) is 16.4. The van der Waals surface area contributed by atoms with Gasteiger partial charge in [0.25, 0.3) is 5.91 Å². The van der Waals surface area contributed by atoms with Gasteiger partial charge >= 0.3 is 0 Å². The van der Waals surface area contributed by atoms with Crippen LogP contribution in [-0.4, -0.2) is 32.6 Å². The molecule has 0 bridgehead atoms. The smallest absolute Gasteiger partial charge is 0.250 e. The molecule has 4 aromatic rings. The number of carbonyl (C=O) groups is 1. The number of hydrazone groups is 1. The number of nitrogens with zero attached hydrogens (tertiary/aromatic N) is 4. The maximum absolute atomic E-state index is 13.8. The van der Waals surface area contributed by atoms with Gasteiger partial charge in [-0.3, -0.25) is 9.36 Å². The number of aryl methyl sites for hydroxylation is 1. The van der Waals surface area contributed by atoms with Gasteiger partial charge in [-0.1, -0.05) is 58.7 Å². The van der Waals surface area contributed by atoms with Gasteiger partial charge in [0.05, 0.1) is 17.0 Å². The van der Waals surface area contributed by atoms with Gasteiger partial charge in [-0.15, -0.1) is 10.2 Å². The molecule has 6 nitrogen and oxygen atoms in total. The van der Waals surface area contributed by atoms with Gasteiger partial charge < -0.3 is 0 Å². The van der Waals surface area contributed by atoms with Crippen LogP contribution >= 0.6 is 35.0 Å². The Morgan fingerprint density at radius 1 is 1.09 bits per heavy atom. The fraction of sp³-hybridized carbons (Fsp3) is 0.0833. The van der Waals surface area contributed by atoms with Crippen molar-refractivity contribution in [1.82, 2.24) is 20.2 Å². The number of halogens is 3. The summed E-state index contributed by atoms with van der Waals surface area (Å²) < 4.78 is 15.7. The maximum Gasteiger partial charge on any atom is 0.250 e.